The summed E-state index contributed by atoms with van der Waals surface area (Å²) in [6, 6.07) is 18.6. The molecule has 1 heterocycles. The number of ether oxygens (including phenoxy) is 1. The molecule has 0 radical (unpaired) electrons. The van der Waals surface area contributed by atoms with Crippen LogP contribution in [0.3, 0.4) is 0 Å². The molecule has 0 atom stereocenters. The van der Waals surface area contributed by atoms with E-state index < -0.39 is 10.0 Å². The van der Waals surface area contributed by atoms with E-state index in [0.717, 1.165) is 16.9 Å². The van der Waals surface area contributed by atoms with Gasteiger partial charge in [-0.25, -0.2) is 0 Å². The predicted octanol–water partition coefficient (Wildman–Crippen LogP) is 3.95. The van der Waals surface area contributed by atoms with E-state index in [-0.39, 0.29) is 4.21 Å². The molecule has 3 aromatic rings. The fraction of sp³-hybridized carbons (Fsp3) is 0.105. The van der Waals surface area contributed by atoms with Crippen molar-refractivity contribution in [2.75, 3.05) is 0 Å². The number of rotatable bonds is 7. The molecule has 0 aliphatic rings. The Morgan fingerprint density at radius 3 is 2.58 bits per heavy atom. The van der Waals surface area contributed by atoms with Crippen LogP contribution in [0.5, 0.6) is 5.75 Å². The molecule has 5 nitrogen and oxygen atoms in total. The molecule has 0 amide bonds. The molecule has 0 bridgehead atoms. The maximum absolute atomic E-state index is 12.1. The minimum absolute atomic E-state index is 0.221. The lowest BCUT2D eigenvalue weighted by atomic mass is 10.1. The minimum Gasteiger partial charge on any atom is -0.488 e. The van der Waals surface area contributed by atoms with Gasteiger partial charge in [-0.3, -0.25) is 0 Å². The first-order valence-electron chi connectivity index (χ1n) is 7.90. The summed E-state index contributed by atoms with van der Waals surface area (Å²) in [7, 11) is -3.63. The first kappa shape index (κ1) is 18.2. The van der Waals surface area contributed by atoms with E-state index in [1.165, 1.54) is 17.8 Å². The number of nitrogens with one attached hydrogen (secondary N) is 1. The van der Waals surface area contributed by atoms with Gasteiger partial charge >= 0.3 is 0 Å². The highest BCUT2D eigenvalue weighted by molar-refractivity contribution is 7.91. The van der Waals surface area contributed by atoms with Crippen LogP contribution in [0.15, 0.2) is 75.4 Å². The molecule has 1 N–H and O–H groups in total. The quantitative estimate of drug-likeness (QED) is 0.494. The Morgan fingerprint density at radius 1 is 1.08 bits per heavy atom. The van der Waals surface area contributed by atoms with Crippen molar-refractivity contribution in [3.63, 3.8) is 0 Å². The molecule has 26 heavy (non-hydrogen) atoms. The predicted molar refractivity (Wildman–Crippen MR) is 104 cm³/mol. The van der Waals surface area contributed by atoms with Crippen molar-refractivity contribution in [1.82, 2.24) is 4.83 Å². The van der Waals surface area contributed by atoms with Crippen molar-refractivity contribution in [3.05, 3.63) is 82.7 Å². The van der Waals surface area contributed by atoms with Gasteiger partial charge < -0.3 is 4.74 Å². The third kappa shape index (κ3) is 4.71. The summed E-state index contributed by atoms with van der Waals surface area (Å²) in [6.07, 6.45) is 1.44. The van der Waals surface area contributed by atoms with Crippen LogP contribution in [0.4, 0.5) is 0 Å². The fourth-order valence-corrected chi connectivity index (χ4v) is 3.96. The number of nitrogens with zero attached hydrogens (tertiary/aromatic N) is 1. The Bertz CT molecular complexity index is 980. The summed E-state index contributed by atoms with van der Waals surface area (Å²) in [4.78, 5) is 2.21. The Kier molecular flexibility index (Phi) is 5.70. The molecule has 2 aromatic carbocycles. The summed E-state index contributed by atoms with van der Waals surface area (Å²) in [6.45, 7) is 2.46. The summed E-state index contributed by atoms with van der Waals surface area (Å²) in [5.41, 5.74) is 2.94. The fourth-order valence-electron chi connectivity index (χ4n) is 2.19. The van der Waals surface area contributed by atoms with Crippen LogP contribution >= 0.6 is 11.3 Å². The van der Waals surface area contributed by atoms with Gasteiger partial charge in [0.25, 0.3) is 10.0 Å². The average molecular weight is 386 g/mol. The zero-order valence-electron chi connectivity index (χ0n) is 14.1. The van der Waals surface area contributed by atoms with Gasteiger partial charge in [-0.15, -0.1) is 11.3 Å². The van der Waals surface area contributed by atoms with Gasteiger partial charge in [0.1, 0.15) is 16.6 Å². The largest absolute Gasteiger partial charge is 0.488 e. The van der Waals surface area contributed by atoms with Crippen molar-refractivity contribution in [2.45, 2.75) is 17.7 Å². The van der Waals surface area contributed by atoms with Crippen LogP contribution in [0.2, 0.25) is 0 Å². The lowest BCUT2D eigenvalue weighted by molar-refractivity contribution is 0.306. The Hall–Kier alpha value is -2.64. The maximum atomic E-state index is 12.1. The topological polar surface area (TPSA) is 67.8 Å². The Balaban J connectivity index is 1.68. The second-order valence-electron chi connectivity index (χ2n) is 5.60. The number of benzene rings is 2. The summed E-state index contributed by atoms with van der Waals surface area (Å²) >= 11 is 1.14. The normalized spacial score (nSPS) is 11.6. The summed E-state index contributed by atoms with van der Waals surface area (Å²) < 4.78 is 30.2. The number of hydrogen-bond donors (Lipinski definition) is 1. The number of thiophene rings is 1. The molecule has 0 saturated heterocycles. The summed E-state index contributed by atoms with van der Waals surface area (Å²) in [5, 5.41) is 5.56. The van der Waals surface area contributed by atoms with Crippen molar-refractivity contribution in [3.8, 4) is 5.75 Å². The van der Waals surface area contributed by atoms with Gasteiger partial charge in [0.05, 0.1) is 6.21 Å². The van der Waals surface area contributed by atoms with Gasteiger partial charge in [-0.05, 0) is 36.1 Å². The SMILES string of the molecule is Cc1ccc(COc2ccccc2/C=N/NS(=O)(=O)c2cccs2)cc1. The minimum atomic E-state index is -3.63. The monoisotopic (exact) mass is 386 g/mol. The lowest BCUT2D eigenvalue weighted by Crippen LogP contribution is -2.17. The van der Waals surface area contributed by atoms with Gasteiger partial charge in [0.2, 0.25) is 0 Å². The molecule has 7 heteroatoms. The molecule has 0 aliphatic heterocycles. The molecular formula is C19H18N2O3S2. The molecule has 0 unspecified atom stereocenters. The second kappa shape index (κ2) is 8.16. The van der Waals surface area contributed by atoms with Crippen LogP contribution in [0.1, 0.15) is 16.7 Å². The Morgan fingerprint density at radius 2 is 1.85 bits per heavy atom. The number of aryl methyl sites for hydroxylation is 1. The van der Waals surface area contributed by atoms with Crippen molar-refractivity contribution >= 4 is 27.6 Å². The van der Waals surface area contributed by atoms with Gasteiger partial charge in [0.15, 0.2) is 0 Å². The van der Waals surface area contributed by atoms with Gasteiger partial charge in [0, 0.05) is 5.56 Å². The molecule has 0 aliphatic carbocycles. The van der Waals surface area contributed by atoms with E-state index in [1.54, 1.807) is 11.4 Å². The van der Waals surface area contributed by atoms with E-state index >= 15 is 0 Å². The second-order valence-corrected chi connectivity index (χ2v) is 8.43. The number of para-hydroxylation sites is 1. The number of sulfonamides is 1. The standard InChI is InChI=1S/C19H18N2O3S2/c1-15-8-10-16(11-9-15)14-24-18-6-3-2-5-17(18)13-20-21-26(22,23)19-7-4-12-25-19/h2-13,21H,14H2,1H3/b20-13+. The summed E-state index contributed by atoms with van der Waals surface area (Å²) in [5.74, 6) is 0.632. The van der Waals surface area contributed by atoms with Crippen LogP contribution in [0.25, 0.3) is 0 Å². The molecule has 0 saturated carbocycles. The molecule has 3 rings (SSSR count). The van der Waals surface area contributed by atoms with Crippen LogP contribution in [-0.2, 0) is 16.6 Å². The third-order valence-corrected chi connectivity index (χ3v) is 6.19. The number of hydrazone groups is 1. The van der Waals surface area contributed by atoms with Crippen LogP contribution < -0.4 is 9.57 Å². The van der Waals surface area contributed by atoms with Crippen molar-refractivity contribution in [1.29, 1.82) is 0 Å². The first-order chi connectivity index (χ1) is 12.5. The van der Waals surface area contributed by atoms with Crippen LogP contribution in [-0.4, -0.2) is 14.6 Å². The molecular weight excluding hydrogens is 368 g/mol. The van der Waals surface area contributed by atoms with E-state index in [4.69, 9.17) is 4.74 Å². The molecule has 134 valence electrons. The van der Waals surface area contributed by atoms with E-state index in [1.807, 2.05) is 55.5 Å². The van der Waals surface area contributed by atoms with E-state index in [2.05, 4.69) is 9.93 Å². The smallest absolute Gasteiger partial charge is 0.286 e. The molecule has 1 aromatic heterocycles. The molecule has 0 spiro atoms. The third-order valence-electron chi connectivity index (χ3n) is 3.57. The van der Waals surface area contributed by atoms with Gasteiger partial charge in [-0.1, -0.05) is 48.0 Å². The molecule has 0 fully saturated rings. The van der Waals surface area contributed by atoms with Crippen LogP contribution in [0, 0.1) is 6.92 Å². The van der Waals surface area contributed by atoms with E-state index in [9.17, 15) is 8.42 Å². The first-order valence-corrected chi connectivity index (χ1v) is 10.3. The lowest BCUT2D eigenvalue weighted by Gasteiger charge is -2.09. The highest BCUT2D eigenvalue weighted by atomic mass is 32.2. The Labute approximate surface area is 157 Å². The maximum Gasteiger partial charge on any atom is 0.286 e. The number of hydrogen-bond acceptors (Lipinski definition) is 5. The highest BCUT2D eigenvalue weighted by Crippen LogP contribution is 2.18. The van der Waals surface area contributed by atoms with Gasteiger partial charge in [-0.2, -0.15) is 18.4 Å². The van der Waals surface area contributed by atoms with E-state index in [0.29, 0.717) is 17.9 Å². The zero-order chi connectivity index (χ0) is 18.4. The highest BCUT2D eigenvalue weighted by Gasteiger charge is 2.13. The van der Waals surface area contributed by atoms with Crippen molar-refractivity contribution < 1.29 is 13.2 Å². The average Bonchev–Trinajstić information content (AvgIpc) is 3.18. The van der Waals surface area contributed by atoms with Crippen molar-refractivity contribution in [2.24, 2.45) is 5.10 Å². The zero-order valence-corrected chi connectivity index (χ0v) is 15.8.